The minimum Gasteiger partial charge on any atom is -0.364 e. The van der Waals surface area contributed by atoms with Crippen LogP contribution in [0.1, 0.15) is 23.6 Å². The van der Waals surface area contributed by atoms with Crippen LogP contribution in [0.4, 0.5) is 4.39 Å². The summed E-state index contributed by atoms with van der Waals surface area (Å²) < 4.78 is 23.9. The van der Waals surface area contributed by atoms with Gasteiger partial charge in [0.25, 0.3) is 0 Å². The van der Waals surface area contributed by atoms with Gasteiger partial charge in [-0.2, -0.15) is 0 Å². The molecule has 1 fully saturated rings. The lowest BCUT2D eigenvalue weighted by Crippen LogP contribution is -2.38. The van der Waals surface area contributed by atoms with E-state index in [4.69, 9.17) is 9.05 Å². The summed E-state index contributed by atoms with van der Waals surface area (Å²) in [5.74, 6) is 0.788. The van der Waals surface area contributed by atoms with Gasteiger partial charge in [-0.1, -0.05) is 10.3 Å². The Labute approximate surface area is 128 Å². The summed E-state index contributed by atoms with van der Waals surface area (Å²) in [5.41, 5.74) is 1.74. The van der Waals surface area contributed by atoms with Crippen molar-refractivity contribution in [3.8, 4) is 0 Å². The summed E-state index contributed by atoms with van der Waals surface area (Å²) in [7, 11) is 2.01. The van der Waals surface area contributed by atoms with Gasteiger partial charge < -0.3 is 9.05 Å². The molecule has 0 aliphatic carbocycles. The molecule has 2 atom stereocenters. The number of halogens is 1. The number of aromatic nitrogens is 2. The van der Waals surface area contributed by atoms with Crippen molar-refractivity contribution in [2.24, 2.45) is 0 Å². The van der Waals surface area contributed by atoms with Crippen molar-refractivity contribution in [3.05, 3.63) is 35.5 Å². The lowest BCUT2D eigenvalue weighted by atomic mass is 10.2. The van der Waals surface area contributed by atoms with E-state index in [0.29, 0.717) is 26.1 Å². The highest BCUT2D eigenvalue weighted by molar-refractivity contribution is 5.04. The fourth-order valence-electron chi connectivity index (χ4n) is 3.02. The second-order valence-corrected chi connectivity index (χ2v) is 6.04. The van der Waals surface area contributed by atoms with Gasteiger partial charge in [0, 0.05) is 37.8 Å². The monoisotopic (exact) mass is 308 g/mol. The van der Waals surface area contributed by atoms with Crippen molar-refractivity contribution in [2.45, 2.75) is 38.6 Å². The Hall–Kier alpha value is -1.73. The van der Waals surface area contributed by atoms with Crippen LogP contribution in [0.3, 0.4) is 0 Å². The van der Waals surface area contributed by atoms with Crippen LogP contribution in [0.25, 0.3) is 0 Å². The van der Waals surface area contributed by atoms with E-state index in [1.165, 1.54) is 0 Å². The first-order valence-corrected chi connectivity index (χ1v) is 7.48. The third-order valence-electron chi connectivity index (χ3n) is 3.96. The minimum atomic E-state index is -0.783. The number of nitrogens with zero attached hydrogens (tertiary/aromatic N) is 4. The predicted molar refractivity (Wildman–Crippen MR) is 77.8 cm³/mol. The summed E-state index contributed by atoms with van der Waals surface area (Å²) in [6, 6.07) is 3.91. The summed E-state index contributed by atoms with van der Waals surface area (Å²) >= 11 is 0. The molecule has 0 bridgehead atoms. The molecule has 1 saturated heterocycles. The molecule has 1 aliphatic heterocycles. The third-order valence-corrected chi connectivity index (χ3v) is 3.96. The Morgan fingerprint density at radius 1 is 1.45 bits per heavy atom. The molecule has 22 heavy (non-hydrogen) atoms. The number of hydrogen-bond acceptors (Lipinski definition) is 6. The molecule has 7 heteroatoms. The maximum atomic E-state index is 13.8. The number of likely N-dealkylation sites (N-methyl/N-ethyl adjacent to an activating group) is 1. The van der Waals surface area contributed by atoms with E-state index < -0.39 is 6.17 Å². The number of hydrogen-bond donors (Lipinski definition) is 0. The van der Waals surface area contributed by atoms with Crippen LogP contribution in [0.15, 0.2) is 27.4 Å². The van der Waals surface area contributed by atoms with Crippen molar-refractivity contribution < 1.29 is 13.4 Å². The van der Waals surface area contributed by atoms with Crippen LogP contribution in [0.5, 0.6) is 0 Å². The van der Waals surface area contributed by atoms with Gasteiger partial charge >= 0.3 is 0 Å². The first-order chi connectivity index (χ1) is 10.6. The number of likely N-dealkylation sites (tertiary alicyclic amines) is 1. The zero-order chi connectivity index (χ0) is 15.5. The Morgan fingerprint density at radius 3 is 3.00 bits per heavy atom. The molecule has 120 valence electrons. The highest BCUT2D eigenvalue weighted by Crippen LogP contribution is 2.24. The average Bonchev–Trinajstić information content (AvgIpc) is 3.15. The van der Waals surface area contributed by atoms with E-state index in [-0.39, 0.29) is 6.04 Å². The lowest BCUT2D eigenvalue weighted by molar-refractivity contribution is 0.164. The Kier molecular flexibility index (Phi) is 4.54. The maximum Gasteiger partial charge on any atom is 0.150 e. The van der Waals surface area contributed by atoms with Crippen LogP contribution in [0.2, 0.25) is 0 Å². The molecule has 0 spiro atoms. The van der Waals surface area contributed by atoms with Gasteiger partial charge in [-0.25, -0.2) is 4.39 Å². The zero-order valence-corrected chi connectivity index (χ0v) is 12.9. The third kappa shape index (κ3) is 3.72. The van der Waals surface area contributed by atoms with Crippen molar-refractivity contribution in [1.82, 2.24) is 20.1 Å². The van der Waals surface area contributed by atoms with Gasteiger partial charge in [-0.3, -0.25) is 9.80 Å². The van der Waals surface area contributed by atoms with E-state index >= 15 is 0 Å². The fourth-order valence-corrected chi connectivity index (χ4v) is 3.02. The standard InChI is InChI=1S/C15H21FN4O2/c1-11-5-15(22-17-11)10-20-7-12(16)6-14(20)9-19(2)8-13-3-4-21-18-13/h3-5,12,14H,6-10H2,1-2H3/t12-,14-/m0/s1. The summed E-state index contributed by atoms with van der Waals surface area (Å²) in [5, 5.41) is 7.80. The van der Waals surface area contributed by atoms with E-state index in [1.807, 2.05) is 26.1 Å². The summed E-state index contributed by atoms with van der Waals surface area (Å²) in [6.07, 6.45) is 1.33. The molecule has 2 aromatic heterocycles. The Morgan fingerprint density at radius 2 is 2.32 bits per heavy atom. The quantitative estimate of drug-likeness (QED) is 0.813. The van der Waals surface area contributed by atoms with Crippen molar-refractivity contribution in [3.63, 3.8) is 0 Å². The second-order valence-electron chi connectivity index (χ2n) is 6.04. The second kappa shape index (κ2) is 6.58. The van der Waals surface area contributed by atoms with E-state index in [0.717, 1.165) is 23.7 Å². The summed E-state index contributed by atoms with van der Waals surface area (Å²) in [4.78, 5) is 4.27. The number of rotatable bonds is 6. The average molecular weight is 308 g/mol. The molecule has 0 radical (unpaired) electrons. The highest BCUT2D eigenvalue weighted by atomic mass is 19.1. The Bertz CT molecular complexity index is 586. The van der Waals surface area contributed by atoms with Crippen molar-refractivity contribution in [2.75, 3.05) is 20.1 Å². The molecule has 0 saturated carbocycles. The first-order valence-electron chi connectivity index (χ1n) is 7.48. The highest BCUT2D eigenvalue weighted by Gasteiger charge is 2.33. The van der Waals surface area contributed by atoms with Crippen LogP contribution in [0, 0.1) is 6.92 Å². The minimum absolute atomic E-state index is 0.164. The molecule has 0 amide bonds. The molecule has 3 rings (SSSR count). The van der Waals surface area contributed by atoms with Gasteiger partial charge in [0.05, 0.1) is 17.9 Å². The lowest BCUT2D eigenvalue weighted by Gasteiger charge is -2.27. The first kappa shape index (κ1) is 15.2. The van der Waals surface area contributed by atoms with Gasteiger partial charge in [0.15, 0.2) is 5.76 Å². The van der Waals surface area contributed by atoms with Crippen molar-refractivity contribution >= 4 is 0 Å². The predicted octanol–water partition coefficient (Wildman–Crippen LogP) is 2.02. The zero-order valence-electron chi connectivity index (χ0n) is 12.9. The molecule has 1 aliphatic rings. The van der Waals surface area contributed by atoms with Crippen LogP contribution >= 0.6 is 0 Å². The molecule has 0 N–H and O–H groups in total. The Balaban J connectivity index is 1.58. The van der Waals surface area contributed by atoms with Crippen molar-refractivity contribution in [1.29, 1.82) is 0 Å². The van der Waals surface area contributed by atoms with E-state index in [9.17, 15) is 4.39 Å². The topological polar surface area (TPSA) is 58.5 Å². The van der Waals surface area contributed by atoms with E-state index in [1.54, 1.807) is 6.26 Å². The molecule has 2 aromatic rings. The number of alkyl halides is 1. The smallest absolute Gasteiger partial charge is 0.150 e. The molecule has 6 nitrogen and oxygen atoms in total. The number of aryl methyl sites for hydroxylation is 1. The van der Waals surface area contributed by atoms with Gasteiger partial charge in [-0.15, -0.1) is 0 Å². The van der Waals surface area contributed by atoms with Gasteiger partial charge in [-0.05, 0) is 20.4 Å². The molecular formula is C15H21FN4O2. The van der Waals surface area contributed by atoms with Gasteiger partial charge in [0.1, 0.15) is 12.4 Å². The molecule has 0 unspecified atom stereocenters. The van der Waals surface area contributed by atoms with E-state index in [2.05, 4.69) is 20.1 Å². The van der Waals surface area contributed by atoms with Gasteiger partial charge in [0.2, 0.25) is 0 Å². The fraction of sp³-hybridized carbons (Fsp3) is 0.600. The summed E-state index contributed by atoms with van der Waals surface area (Å²) in [6.45, 7) is 4.41. The molecule has 3 heterocycles. The van der Waals surface area contributed by atoms with Crippen LogP contribution < -0.4 is 0 Å². The SMILES string of the molecule is Cc1cc(CN2C[C@@H](F)C[C@H]2CN(C)Cc2ccon2)on1. The maximum absolute atomic E-state index is 13.8. The largest absolute Gasteiger partial charge is 0.364 e. The van der Waals surface area contributed by atoms with Crippen LogP contribution in [-0.2, 0) is 13.1 Å². The molecule has 0 aromatic carbocycles. The molecular weight excluding hydrogens is 287 g/mol. The van der Waals surface area contributed by atoms with Crippen LogP contribution in [-0.4, -0.2) is 52.5 Å². The normalized spacial score (nSPS) is 22.7.